The smallest absolute Gasteiger partial charge is 0.333 e. The zero-order valence-electron chi connectivity index (χ0n) is 12.3. The molecule has 7 heteroatoms. The summed E-state index contributed by atoms with van der Waals surface area (Å²) >= 11 is 0. The standard InChI is InChI=1S/C15H19N5O2/c16-6-5-11-1-3-12(4-2-11)9-14(21)19-7-8-20-13(10-19)17-18-15(20)22/h1-4H,5-10,16H2,(H,18,22). The first-order valence-electron chi connectivity index (χ1n) is 7.37. The average Bonchev–Trinajstić information content (AvgIpc) is 2.90. The van der Waals surface area contributed by atoms with Gasteiger partial charge in [-0.15, -0.1) is 0 Å². The maximum absolute atomic E-state index is 12.4. The summed E-state index contributed by atoms with van der Waals surface area (Å²) in [6.07, 6.45) is 1.20. The number of amides is 1. The van der Waals surface area contributed by atoms with Gasteiger partial charge in [-0.25, -0.2) is 9.89 Å². The molecule has 22 heavy (non-hydrogen) atoms. The minimum absolute atomic E-state index is 0.0493. The number of carbonyl (C=O) groups excluding carboxylic acids is 1. The summed E-state index contributed by atoms with van der Waals surface area (Å²) in [5.41, 5.74) is 7.47. The van der Waals surface area contributed by atoms with Crippen molar-refractivity contribution in [1.82, 2.24) is 19.7 Å². The molecular formula is C15H19N5O2. The summed E-state index contributed by atoms with van der Waals surface area (Å²) in [5.74, 6) is 0.663. The normalized spacial score (nSPS) is 14.0. The van der Waals surface area contributed by atoms with E-state index >= 15 is 0 Å². The molecule has 1 aromatic carbocycles. The topological polar surface area (TPSA) is 97.0 Å². The van der Waals surface area contributed by atoms with Gasteiger partial charge < -0.3 is 10.6 Å². The Hall–Kier alpha value is -2.41. The van der Waals surface area contributed by atoms with Crippen molar-refractivity contribution < 1.29 is 4.79 Å². The number of fused-ring (bicyclic) bond motifs is 1. The molecule has 7 nitrogen and oxygen atoms in total. The number of hydrogen-bond acceptors (Lipinski definition) is 4. The van der Waals surface area contributed by atoms with E-state index in [9.17, 15) is 9.59 Å². The van der Waals surface area contributed by atoms with Crippen LogP contribution in [0.3, 0.4) is 0 Å². The first kappa shape index (κ1) is 14.5. The molecule has 0 aliphatic carbocycles. The molecule has 0 spiro atoms. The third kappa shape index (κ3) is 2.94. The lowest BCUT2D eigenvalue weighted by Crippen LogP contribution is -2.41. The van der Waals surface area contributed by atoms with Gasteiger partial charge in [-0.1, -0.05) is 24.3 Å². The van der Waals surface area contributed by atoms with Crippen LogP contribution >= 0.6 is 0 Å². The van der Waals surface area contributed by atoms with Crippen molar-refractivity contribution in [3.8, 4) is 0 Å². The summed E-state index contributed by atoms with van der Waals surface area (Å²) in [6, 6.07) is 7.96. The molecule has 2 aromatic rings. The van der Waals surface area contributed by atoms with Crippen LogP contribution in [0.2, 0.25) is 0 Å². The Bertz CT molecular complexity index is 716. The highest BCUT2D eigenvalue weighted by Gasteiger charge is 2.23. The van der Waals surface area contributed by atoms with Crippen LogP contribution in [0, 0.1) is 0 Å². The molecule has 3 N–H and O–H groups in total. The van der Waals surface area contributed by atoms with E-state index in [4.69, 9.17) is 5.73 Å². The molecule has 0 radical (unpaired) electrons. The van der Waals surface area contributed by atoms with Crippen LogP contribution in [0.5, 0.6) is 0 Å². The number of carbonyl (C=O) groups is 1. The Morgan fingerprint density at radius 1 is 1.23 bits per heavy atom. The van der Waals surface area contributed by atoms with Gasteiger partial charge in [-0.3, -0.25) is 9.36 Å². The quantitative estimate of drug-likeness (QED) is 0.807. The lowest BCUT2D eigenvalue weighted by atomic mass is 10.1. The van der Waals surface area contributed by atoms with Crippen LogP contribution in [0.15, 0.2) is 29.1 Å². The zero-order chi connectivity index (χ0) is 15.5. The van der Waals surface area contributed by atoms with Gasteiger partial charge >= 0.3 is 5.69 Å². The van der Waals surface area contributed by atoms with Gasteiger partial charge in [0.2, 0.25) is 5.91 Å². The number of rotatable bonds is 4. The van der Waals surface area contributed by atoms with Crippen molar-refractivity contribution in [2.45, 2.75) is 25.9 Å². The van der Waals surface area contributed by atoms with Gasteiger partial charge in [-0.2, -0.15) is 5.10 Å². The van der Waals surface area contributed by atoms with Gasteiger partial charge in [0.05, 0.1) is 13.0 Å². The maximum Gasteiger partial charge on any atom is 0.343 e. The molecule has 1 aliphatic heterocycles. The fourth-order valence-corrected chi connectivity index (χ4v) is 2.66. The highest BCUT2D eigenvalue weighted by atomic mass is 16.2. The zero-order valence-corrected chi connectivity index (χ0v) is 12.3. The van der Waals surface area contributed by atoms with E-state index in [2.05, 4.69) is 10.2 Å². The van der Waals surface area contributed by atoms with Gasteiger partial charge in [0, 0.05) is 13.1 Å². The van der Waals surface area contributed by atoms with Crippen molar-refractivity contribution in [3.63, 3.8) is 0 Å². The van der Waals surface area contributed by atoms with Gasteiger partial charge in [0.25, 0.3) is 0 Å². The number of nitrogens with zero attached hydrogens (tertiary/aromatic N) is 3. The third-order valence-electron chi connectivity index (χ3n) is 3.93. The summed E-state index contributed by atoms with van der Waals surface area (Å²) in [7, 11) is 0. The van der Waals surface area contributed by atoms with Gasteiger partial charge in [0.15, 0.2) is 5.82 Å². The second kappa shape index (κ2) is 6.15. The maximum atomic E-state index is 12.4. The highest BCUT2D eigenvalue weighted by Crippen LogP contribution is 2.11. The molecule has 1 aliphatic rings. The van der Waals surface area contributed by atoms with Crippen LogP contribution in [-0.4, -0.2) is 38.7 Å². The largest absolute Gasteiger partial charge is 0.343 e. The molecular weight excluding hydrogens is 282 g/mol. The molecule has 0 unspecified atom stereocenters. The molecule has 0 atom stereocenters. The Balaban J connectivity index is 1.64. The predicted molar refractivity (Wildman–Crippen MR) is 81.2 cm³/mol. The van der Waals surface area contributed by atoms with E-state index in [-0.39, 0.29) is 11.6 Å². The Morgan fingerprint density at radius 2 is 1.95 bits per heavy atom. The second-order valence-corrected chi connectivity index (χ2v) is 5.44. The Labute approximate surface area is 127 Å². The van der Waals surface area contributed by atoms with E-state index in [0.29, 0.717) is 38.4 Å². The van der Waals surface area contributed by atoms with E-state index in [1.807, 2.05) is 24.3 Å². The summed E-state index contributed by atoms with van der Waals surface area (Å²) in [5, 5.41) is 6.36. The van der Waals surface area contributed by atoms with Crippen molar-refractivity contribution in [2.24, 2.45) is 5.73 Å². The van der Waals surface area contributed by atoms with Crippen LogP contribution in [0.25, 0.3) is 0 Å². The Morgan fingerprint density at radius 3 is 2.68 bits per heavy atom. The number of aromatic amines is 1. The van der Waals surface area contributed by atoms with Gasteiger partial charge in [0.1, 0.15) is 0 Å². The molecule has 2 heterocycles. The van der Waals surface area contributed by atoms with E-state index in [1.165, 1.54) is 5.56 Å². The van der Waals surface area contributed by atoms with Crippen LogP contribution in [-0.2, 0) is 30.7 Å². The predicted octanol–water partition coefficient (Wildman–Crippen LogP) is -0.342. The van der Waals surface area contributed by atoms with E-state index < -0.39 is 0 Å². The molecule has 116 valence electrons. The van der Waals surface area contributed by atoms with E-state index in [1.54, 1.807) is 9.47 Å². The lowest BCUT2D eigenvalue weighted by Gasteiger charge is -2.26. The van der Waals surface area contributed by atoms with Crippen molar-refractivity contribution in [2.75, 3.05) is 13.1 Å². The molecule has 0 fully saturated rings. The molecule has 3 rings (SSSR count). The second-order valence-electron chi connectivity index (χ2n) is 5.44. The fraction of sp³-hybridized carbons (Fsp3) is 0.400. The van der Waals surface area contributed by atoms with Crippen molar-refractivity contribution in [3.05, 3.63) is 51.7 Å². The number of nitrogens with two attached hydrogens (primary N) is 1. The van der Waals surface area contributed by atoms with E-state index in [0.717, 1.165) is 12.0 Å². The average molecular weight is 301 g/mol. The minimum atomic E-state index is -0.211. The SMILES string of the molecule is NCCc1ccc(CC(=O)N2CCn3c(n[nH]c3=O)C2)cc1. The number of nitrogens with one attached hydrogen (secondary N) is 1. The number of H-pyrrole nitrogens is 1. The molecule has 0 saturated heterocycles. The first-order chi connectivity index (χ1) is 10.7. The van der Waals surface area contributed by atoms with Gasteiger partial charge in [-0.05, 0) is 24.1 Å². The number of benzene rings is 1. The lowest BCUT2D eigenvalue weighted by molar-refractivity contribution is -0.132. The summed E-state index contributed by atoms with van der Waals surface area (Å²) in [6.45, 7) is 2.03. The minimum Gasteiger partial charge on any atom is -0.333 e. The van der Waals surface area contributed by atoms with Crippen molar-refractivity contribution in [1.29, 1.82) is 0 Å². The molecule has 1 aromatic heterocycles. The number of aromatic nitrogens is 3. The Kier molecular flexibility index (Phi) is 4.06. The highest BCUT2D eigenvalue weighted by molar-refractivity contribution is 5.78. The molecule has 0 saturated carbocycles. The summed E-state index contributed by atoms with van der Waals surface area (Å²) < 4.78 is 1.57. The molecule has 1 amide bonds. The summed E-state index contributed by atoms with van der Waals surface area (Å²) in [4.78, 5) is 25.6. The fourth-order valence-electron chi connectivity index (χ4n) is 2.66. The number of hydrogen-bond donors (Lipinski definition) is 2. The third-order valence-corrected chi connectivity index (χ3v) is 3.93. The van der Waals surface area contributed by atoms with Crippen LogP contribution < -0.4 is 11.4 Å². The van der Waals surface area contributed by atoms with Crippen molar-refractivity contribution >= 4 is 5.91 Å². The van der Waals surface area contributed by atoms with Crippen LogP contribution in [0.1, 0.15) is 17.0 Å². The molecule has 0 bridgehead atoms. The first-order valence-corrected chi connectivity index (χ1v) is 7.37. The van der Waals surface area contributed by atoms with Crippen LogP contribution in [0.4, 0.5) is 0 Å². The monoisotopic (exact) mass is 301 g/mol.